The van der Waals surface area contributed by atoms with E-state index in [0.717, 1.165) is 10.9 Å². The van der Waals surface area contributed by atoms with Gasteiger partial charge in [-0.1, -0.05) is 41.9 Å². The average molecular weight is 486 g/mol. The normalized spacial score (nSPS) is 13.3. The summed E-state index contributed by atoms with van der Waals surface area (Å²) >= 11 is 3.41. The van der Waals surface area contributed by atoms with Crippen LogP contribution in [0.1, 0.15) is 44.5 Å². The fourth-order valence-electron chi connectivity index (χ4n) is 3.00. The third-order valence-corrected chi connectivity index (χ3v) is 5.45. The minimum atomic E-state index is -0.780. The molecule has 0 aliphatic rings. The Morgan fingerprint density at radius 1 is 1.26 bits per heavy atom. The summed E-state index contributed by atoms with van der Waals surface area (Å²) in [5.74, 6) is 0.591. The van der Waals surface area contributed by atoms with E-state index in [0.29, 0.717) is 28.0 Å². The van der Waals surface area contributed by atoms with Crippen molar-refractivity contribution in [1.29, 1.82) is 0 Å². The molecule has 0 fully saturated rings. The number of carbonyl (C=O) groups is 1. The molecule has 0 aliphatic heterocycles. The van der Waals surface area contributed by atoms with Gasteiger partial charge in [0.25, 0.3) is 5.56 Å². The van der Waals surface area contributed by atoms with E-state index in [1.807, 2.05) is 32.0 Å². The predicted molar refractivity (Wildman–Crippen MR) is 124 cm³/mol. The van der Waals surface area contributed by atoms with Crippen LogP contribution < -0.4 is 10.3 Å². The lowest BCUT2D eigenvalue weighted by Crippen LogP contribution is -2.25. The maximum absolute atomic E-state index is 13.2. The maximum Gasteiger partial charge on any atom is 0.346 e. The number of hydrogen-bond donors (Lipinski definition) is 0. The second-order valence-corrected chi connectivity index (χ2v) is 8.04. The molecular weight excluding hydrogens is 462 g/mol. The summed E-state index contributed by atoms with van der Waals surface area (Å²) in [7, 11) is 1.31. The molecule has 0 aliphatic carbocycles. The highest BCUT2D eigenvalue weighted by molar-refractivity contribution is 9.10. The standard InChI is InChI=1S/C23H24BrN3O4/c1-5-14(2)21-26-19-11-10-17(24)12-18(19)22(28)27(21)25-13-16-8-6-7-9-20(16)31-15(3)23(29)30-4/h6-15H,5H2,1-4H3/t14-,15+/m0/s1. The van der Waals surface area contributed by atoms with E-state index in [2.05, 4.69) is 21.0 Å². The van der Waals surface area contributed by atoms with Gasteiger partial charge in [-0.3, -0.25) is 4.79 Å². The minimum Gasteiger partial charge on any atom is -0.478 e. The molecule has 0 bridgehead atoms. The highest BCUT2D eigenvalue weighted by Gasteiger charge is 2.17. The molecule has 0 unspecified atom stereocenters. The Hall–Kier alpha value is -3.00. The third kappa shape index (κ3) is 5.02. The first-order valence-corrected chi connectivity index (χ1v) is 10.7. The largest absolute Gasteiger partial charge is 0.478 e. The lowest BCUT2D eigenvalue weighted by atomic mass is 10.1. The van der Waals surface area contributed by atoms with Gasteiger partial charge < -0.3 is 9.47 Å². The molecule has 2 aromatic carbocycles. The summed E-state index contributed by atoms with van der Waals surface area (Å²) in [5.41, 5.74) is 0.999. The van der Waals surface area contributed by atoms with Crippen LogP contribution in [-0.2, 0) is 9.53 Å². The molecule has 1 aromatic heterocycles. The van der Waals surface area contributed by atoms with Crippen LogP contribution >= 0.6 is 15.9 Å². The van der Waals surface area contributed by atoms with Crippen LogP contribution in [0.3, 0.4) is 0 Å². The molecule has 8 heteroatoms. The van der Waals surface area contributed by atoms with Crippen molar-refractivity contribution in [2.75, 3.05) is 7.11 Å². The number of carbonyl (C=O) groups excluding carboxylic acids is 1. The van der Waals surface area contributed by atoms with Crippen molar-refractivity contribution >= 4 is 39.0 Å². The topological polar surface area (TPSA) is 82.8 Å². The average Bonchev–Trinajstić information content (AvgIpc) is 2.78. The van der Waals surface area contributed by atoms with Gasteiger partial charge in [-0.05, 0) is 43.7 Å². The van der Waals surface area contributed by atoms with Crippen molar-refractivity contribution in [3.8, 4) is 5.75 Å². The second kappa shape index (κ2) is 9.87. The van der Waals surface area contributed by atoms with Gasteiger partial charge in [-0.2, -0.15) is 9.78 Å². The van der Waals surface area contributed by atoms with Crippen LogP contribution in [-0.4, -0.2) is 35.1 Å². The molecule has 7 nitrogen and oxygen atoms in total. The summed E-state index contributed by atoms with van der Waals surface area (Å²) in [6.45, 7) is 5.65. The fraction of sp³-hybridized carbons (Fsp3) is 0.304. The highest BCUT2D eigenvalue weighted by Crippen LogP contribution is 2.22. The highest BCUT2D eigenvalue weighted by atomic mass is 79.9. The molecule has 3 aromatic rings. The first-order chi connectivity index (χ1) is 14.8. The molecule has 0 spiro atoms. The van der Waals surface area contributed by atoms with E-state index in [-0.39, 0.29) is 11.5 Å². The number of halogens is 1. The number of benzene rings is 2. The van der Waals surface area contributed by atoms with Crippen molar-refractivity contribution < 1.29 is 14.3 Å². The van der Waals surface area contributed by atoms with Gasteiger partial charge in [0, 0.05) is 16.0 Å². The number of hydrogen-bond acceptors (Lipinski definition) is 6. The number of para-hydroxylation sites is 1. The molecule has 0 N–H and O–H groups in total. The lowest BCUT2D eigenvalue weighted by molar-refractivity contribution is -0.147. The number of nitrogens with zero attached hydrogens (tertiary/aromatic N) is 3. The molecular formula is C23H24BrN3O4. The molecule has 1 heterocycles. The summed E-state index contributed by atoms with van der Waals surface area (Å²) in [4.78, 5) is 29.6. The Kier molecular flexibility index (Phi) is 7.22. The third-order valence-electron chi connectivity index (χ3n) is 4.95. The zero-order valence-corrected chi connectivity index (χ0v) is 19.4. The van der Waals surface area contributed by atoms with Crippen molar-refractivity contribution in [3.63, 3.8) is 0 Å². The van der Waals surface area contributed by atoms with Gasteiger partial charge in [-0.15, -0.1) is 0 Å². The number of rotatable bonds is 7. The van der Waals surface area contributed by atoms with Crippen LogP contribution in [0.4, 0.5) is 0 Å². The van der Waals surface area contributed by atoms with Crippen molar-refractivity contribution in [2.24, 2.45) is 5.10 Å². The van der Waals surface area contributed by atoms with E-state index >= 15 is 0 Å². The van der Waals surface area contributed by atoms with Crippen LogP contribution in [0.5, 0.6) is 5.75 Å². The maximum atomic E-state index is 13.2. The van der Waals surface area contributed by atoms with Crippen LogP contribution in [0.25, 0.3) is 10.9 Å². The lowest BCUT2D eigenvalue weighted by Gasteiger charge is -2.15. The van der Waals surface area contributed by atoms with Gasteiger partial charge in [-0.25, -0.2) is 9.78 Å². The molecule has 162 valence electrons. The smallest absolute Gasteiger partial charge is 0.346 e. The number of esters is 1. The first-order valence-electron chi connectivity index (χ1n) is 9.95. The van der Waals surface area contributed by atoms with Crippen molar-refractivity contribution in [1.82, 2.24) is 9.66 Å². The van der Waals surface area contributed by atoms with Crippen molar-refractivity contribution in [2.45, 2.75) is 39.2 Å². The van der Waals surface area contributed by atoms with Gasteiger partial charge in [0.2, 0.25) is 0 Å². The van der Waals surface area contributed by atoms with Gasteiger partial charge >= 0.3 is 5.97 Å². The predicted octanol–water partition coefficient (Wildman–Crippen LogP) is 4.50. The summed E-state index contributed by atoms with van der Waals surface area (Å²) in [5, 5.41) is 4.94. The summed E-state index contributed by atoms with van der Waals surface area (Å²) in [6, 6.07) is 12.6. The van der Waals surface area contributed by atoms with Gasteiger partial charge in [0.15, 0.2) is 6.10 Å². The Balaban J connectivity index is 2.08. The van der Waals surface area contributed by atoms with Gasteiger partial charge in [0.1, 0.15) is 11.6 Å². The molecule has 3 rings (SSSR count). The van der Waals surface area contributed by atoms with E-state index in [9.17, 15) is 9.59 Å². The van der Waals surface area contributed by atoms with Crippen LogP contribution in [0.2, 0.25) is 0 Å². The van der Waals surface area contributed by atoms with E-state index in [1.165, 1.54) is 18.0 Å². The Morgan fingerprint density at radius 2 is 2.00 bits per heavy atom. The Labute approximate surface area is 188 Å². The van der Waals surface area contributed by atoms with E-state index in [1.54, 1.807) is 31.2 Å². The second-order valence-electron chi connectivity index (χ2n) is 7.12. The number of aromatic nitrogens is 2. The number of fused-ring (bicyclic) bond motifs is 1. The summed E-state index contributed by atoms with van der Waals surface area (Å²) in [6.07, 6.45) is 1.57. The number of methoxy groups -OCH3 is 1. The van der Waals surface area contributed by atoms with Gasteiger partial charge in [0.05, 0.1) is 24.2 Å². The molecule has 31 heavy (non-hydrogen) atoms. The quantitative estimate of drug-likeness (QED) is 0.363. The molecule has 0 amide bonds. The van der Waals surface area contributed by atoms with Crippen molar-refractivity contribution in [3.05, 3.63) is 68.7 Å². The van der Waals surface area contributed by atoms with E-state index < -0.39 is 12.1 Å². The Morgan fingerprint density at radius 3 is 2.71 bits per heavy atom. The molecule has 0 saturated carbocycles. The SMILES string of the molecule is CC[C@H](C)c1nc2ccc(Br)cc2c(=O)n1N=Cc1ccccc1O[C@H](C)C(=O)OC. The zero-order valence-electron chi connectivity index (χ0n) is 17.8. The minimum absolute atomic E-state index is 0.0312. The van der Waals surface area contributed by atoms with Crippen LogP contribution in [0.15, 0.2) is 56.8 Å². The summed E-state index contributed by atoms with van der Waals surface area (Å²) < 4.78 is 12.6. The van der Waals surface area contributed by atoms with Crippen LogP contribution in [0, 0.1) is 0 Å². The Bertz CT molecular complexity index is 1190. The fourth-order valence-corrected chi connectivity index (χ4v) is 3.36. The number of ether oxygens (including phenoxy) is 2. The molecule has 2 atom stereocenters. The van der Waals surface area contributed by atoms with E-state index in [4.69, 9.17) is 14.5 Å². The molecule has 0 radical (unpaired) electrons. The monoisotopic (exact) mass is 485 g/mol. The zero-order chi connectivity index (χ0) is 22.5. The molecule has 0 saturated heterocycles. The first kappa shape index (κ1) is 22.7.